The molecule has 0 saturated heterocycles. The third-order valence-electron chi connectivity index (χ3n) is 2.32. The van der Waals surface area contributed by atoms with Crippen LogP contribution in [-0.2, 0) is 4.79 Å². The van der Waals surface area contributed by atoms with Crippen molar-refractivity contribution in [3.8, 4) is 0 Å². The van der Waals surface area contributed by atoms with E-state index in [-0.39, 0.29) is 12.2 Å². The van der Waals surface area contributed by atoms with E-state index in [4.69, 9.17) is 5.11 Å². The number of aliphatic hydroxyl groups is 2. The van der Waals surface area contributed by atoms with Gasteiger partial charge in [-0.05, 0) is 12.5 Å². The van der Waals surface area contributed by atoms with Crippen molar-refractivity contribution < 1.29 is 20.1 Å². The Morgan fingerprint density at radius 1 is 1.69 bits per heavy atom. The molecule has 0 aromatic heterocycles. The smallest absolute Gasteiger partial charge is 0.313 e. The van der Waals surface area contributed by atoms with Crippen LogP contribution in [0.3, 0.4) is 0 Å². The molecule has 0 aromatic carbocycles. The zero-order valence-corrected chi connectivity index (χ0v) is 7.27. The predicted octanol–water partition coefficient (Wildman–Crippen LogP) is 0.840. The summed E-state index contributed by atoms with van der Waals surface area (Å²) in [5.41, 5.74) is -1.65. The summed E-state index contributed by atoms with van der Waals surface area (Å²) in [6, 6.07) is 0. The molecule has 2 atom stereocenters. The first-order valence-corrected chi connectivity index (χ1v) is 4.05. The van der Waals surface area contributed by atoms with Crippen molar-refractivity contribution >= 4 is 5.97 Å². The van der Waals surface area contributed by atoms with Crippen molar-refractivity contribution in [1.82, 2.24) is 0 Å². The molecule has 4 nitrogen and oxygen atoms in total. The molecule has 0 heterocycles. The number of carbonyl (C=O) groups is 1. The molecule has 0 fully saturated rings. The van der Waals surface area contributed by atoms with E-state index in [1.165, 1.54) is 18.2 Å². The fraction of sp³-hybridized carbons (Fsp3) is 0.444. The standard InChI is InChI=1S/C9H12O4/c1-2-9(13)6(8(11)12)4-3-5-7(9)10/h3-6,10,13H,2H2,1H3,(H,11,12). The normalized spacial score (nSPS) is 32.8. The van der Waals surface area contributed by atoms with E-state index in [1.54, 1.807) is 6.92 Å². The number of aliphatic carboxylic acids is 1. The number of allylic oxidation sites excluding steroid dienone is 2. The lowest BCUT2D eigenvalue weighted by molar-refractivity contribution is -0.148. The molecule has 3 N–H and O–H groups in total. The number of hydrogen-bond donors (Lipinski definition) is 3. The molecule has 0 saturated carbocycles. The van der Waals surface area contributed by atoms with Gasteiger partial charge in [-0.25, -0.2) is 0 Å². The van der Waals surface area contributed by atoms with E-state index in [0.717, 1.165) is 0 Å². The number of carboxylic acid groups (broad SMARTS) is 1. The third kappa shape index (κ3) is 1.45. The molecule has 0 aliphatic heterocycles. The minimum absolute atomic E-state index is 0.163. The minimum atomic E-state index is -1.65. The van der Waals surface area contributed by atoms with Crippen molar-refractivity contribution in [3.05, 3.63) is 24.0 Å². The van der Waals surface area contributed by atoms with Crippen LogP contribution in [0.2, 0.25) is 0 Å². The van der Waals surface area contributed by atoms with Crippen molar-refractivity contribution in [1.29, 1.82) is 0 Å². The predicted molar refractivity (Wildman–Crippen MR) is 46.2 cm³/mol. The summed E-state index contributed by atoms with van der Waals surface area (Å²) in [6.07, 6.45) is 4.27. The van der Waals surface area contributed by atoms with Crippen molar-refractivity contribution in [3.63, 3.8) is 0 Å². The summed E-state index contributed by atoms with van der Waals surface area (Å²) in [5.74, 6) is -2.49. The van der Waals surface area contributed by atoms with Crippen LogP contribution < -0.4 is 0 Å². The summed E-state index contributed by atoms with van der Waals surface area (Å²) >= 11 is 0. The lowest BCUT2D eigenvalue weighted by atomic mass is 9.80. The highest BCUT2D eigenvalue weighted by Crippen LogP contribution is 2.32. The first kappa shape index (κ1) is 9.80. The molecule has 0 aromatic rings. The minimum Gasteiger partial charge on any atom is -0.509 e. The Hall–Kier alpha value is -1.29. The summed E-state index contributed by atoms with van der Waals surface area (Å²) in [7, 11) is 0. The van der Waals surface area contributed by atoms with Gasteiger partial charge in [-0.1, -0.05) is 19.1 Å². The van der Waals surface area contributed by atoms with E-state index in [0.29, 0.717) is 0 Å². The number of hydrogen-bond acceptors (Lipinski definition) is 3. The second kappa shape index (κ2) is 3.22. The maximum atomic E-state index is 10.7. The molecular weight excluding hydrogens is 172 g/mol. The summed E-state index contributed by atoms with van der Waals surface area (Å²) < 4.78 is 0. The van der Waals surface area contributed by atoms with Crippen LogP contribution in [-0.4, -0.2) is 26.9 Å². The van der Waals surface area contributed by atoms with Crippen molar-refractivity contribution in [2.75, 3.05) is 0 Å². The van der Waals surface area contributed by atoms with E-state index >= 15 is 0 Å². The van der Waals surface area contributed by atoms with Crippen molar-refractivity contribution in [2.45, 2.75) is 18.9 Å². The molecule has 4 heteroatoms. The summed E-state index contributed by atoms with van der Waals surface area (Å²) in [4.78, 5) is 10.7. The second-order valence-electron chi connectivity index (χ2n) is 3.03. The van der Waals surface area contributed by atoms with E-state index < -0.39 is 17.5 Å². The third-order valence-corrected chi connectivity index (χ3v) is 2.32. The van der Waals surface area contributed by atoms with E-state index in [2.05, 4.69) is 0 Å². The SMILES string of the molecule is CCC1(O)C(O)=CC=CC1C(=O)O. The van der Waals surface area contributed by atoms with Gasteiger partial charge in [-0.15, -0.1) is 0 Å². The first-order chi connectivity index (χ1) is 6.02. The quantitative estimate of drug-likeness (QED) is 0.594. The van der Waals surface area contributed by atoms with Crippen LogP contribution in [0.25, 0.3) is 0 Å². The van der Waals surface area contributed by atoms with Gasteiger partial charge in [0.25, 0.3) is 0 Å². The fourth-order valence-electron chi connectivity index (χ4n) is 1.41. The average molecular weight is 184 g/mol. The molecule has 0 bridgehead atoms. The van der Waals surface area contributed by atoms with Gasteiger partial charge in [0.15, 0.2) is 0 Å². The van der Waals surface area contributed by atoms with Crippen LogP contribution in [0.15, 0.2) is 24.0 Å². The van der Waals surface area contributed by atoms with Gasteiger partial charge in [0, 0.05) is 0 Å². The molecule has 1 aliphatic rings. The topological polar surface area (TPSA) is 77.8 Å². The van der Waals surface area contributed by atoms with Crippen LogP contribution in [0.4, 0.5) is 0 Å². The number of carboxylic acids is 1. The maximum Gasteiger partial charge on any atom is 0.313 e. The van der Waals surface area contributed by atoms with Crippen LogP contribution in [0, 0.1) is 5.92 Å². The lowest BCUT2D eigenvalue weighted by Crippen LogP contribution is -2.43. The molecule has 0 spiro atoms. The molecule has 13 heavy (non-hydrogen) atoms. The Labute approximate surface area is 75.8 Å². The van der Waals surface area contributed by atoms with Crippen LogP contribution in [0.5, 0.6) is 0 Å². The molecule has 72 valence electrons. The number of rotatable bonds is 2. The van der Waals surface area contributed by atoms with Gasteiger partial charge >= 0.3 is 5.97 Å². The Bertz CT molecular complexity index is 279. The van der Waals surface area contributed by atoms with Crippen LogP contribution >= 0.6 is 0 Å². The van der Waals surface area contributed by atoms with Gasteiger partial charge in [-0.3, -0.25) is 4.79 Å². The second-order valence-corrected chi connectivity index (χ2v) is 3.03. The molecule has 0 radical (unpaired) electrons. The average Bonchev–Trinajstić information content (AvgIpc) is 2.09. The van der Waals surface area contributed by atoms with Gasteiger partial charge in [0.2, 0.25) is 0 Å². The molecular formula is C9H12O4. The zero-order chi connectivity index (χ0) is 10.1. The number of aliphatic hydroxyl groups excluding tert-OH is 1. The molecule has 0 amide bonds. The zero-order valence-electron chi connectivity index (χ0n) is 7.27. The van der Waals surface area contributed by atoms with Gasteiger partial charge in [-0.2, -0.15) is 0 Å². The Kier molecular flexibility index (Phi) is 2.43. The highest BCUT2D eigenvalue weighted by Gasteiger charge is 2.43. The van der Waals surface area contributed by atoms with Crippen LogP contribution in [0.1, 0.15) is 13.3 Å². The molecule has 2 unspecified atom stereocenters. The Balaban J connectivity index is 3.06. The highest BCUT2D eigenvalue weighted by molar-refractivity contribution is 5.75. The first-order valence-electron chi connectivity index (χ1n) is 4.05. The van der Waals surface area contributed by atoms with Crippen molar-refractivity contribution in [2.24, 2.45) is 5.92 Å². The fourth-order valence-corrected chi connectivity index (χ4v) is 1.41. The lowest BCUT2D eigenvalue weighted by Gasteiger charge is -2.32. The van der Waals surface area contributed by atoms with E-state index in [1.807, 2.05) is 0 Å². The monoisotopic (exact) mass is 184 g/mol. The largest absolute Gasteiger partial charge is 0.509 e. The van der Waals surface area contributed by atoms with Gasteiger partial charge < -0.3 is 15.3 Å². The Morgan fingerprint density at radius 3 is 2.69 bits per heavy atom. The van der Waals surface area contributed by atoms with Gasteiger partial charge in [0.05, 0.1) is 0 Å². The summed E-state index contributed by atoms with van der Waals surface area (Å²) in [5, 5.41) is 27.9. The van der Waals surface area contributed by atoms with E-state index in [9.17, 15) is 15.0 Å². The maximum absolute atomic E-state index is 10.7. The molecule has 1 aliphatic carbocycles. The van der Waals surface area contributed by atoms with Gasteiger partial charge in [0.1, 0.15) is 17.3 Å². The molecule has 1 rings (SSSR count). The highest BCUT2D eigenvalue weighted by atomic mass is 16.4. The summed E-state index contributed by atoms with van der Waals surface area (Å²) in [6.45, 7) is 1.62. The Morgan fingerprint density at radius 2 is 2.31 bits per heavy atom.